The fourth-order valence-electron chi connectivity index (χ4n) is 2.70. The normalized spacial score (nSPS) is 10.4. The van der Waals surface area contributed by atoms with Crippen LogP contribution in [0.4, 0.5) is 0 Å². The summed E-state index contributed by atoms with van der Waals surface area (Å²) in [5, 5.41) is 4.95. The fourth-order valence-corrected chi connectivity index (χ4v) is 2.70. The van der Waals surface area contributed by atoms with Gasteiger partial charge in [0.2, 0.25) is 5.91 Å². The van der Waals surface area contributed by atoms with Gasteiger partial charge in [0, 0.05) is 18.5 Å². The van der Waals surface area contributed by atoms with Gasteiger partial charge in [0.25, 0.3) is 0 Å². The van der Waals surface area contributed by atoms with Crippen LogP contribution in [-0.2, 0) is 17.8 Å². The van der Waals surface area contributed by atoms with Crippen LogP contribution in [0, 0.1) is 0 Å². The second-order valence-corrected chi connectivity index (χ2v) is 5.75. The maximum Gasteiger partial charge on any atom is 0.229 e. The van der Waals surface area contributed by atoms with Crippen LogP contribution in [0.15, 0.2) is 59.1 Å². The van der Waals surface area contributed by atoms with Gasteiger partial charge in [-0.2, -0.15) is 0 Å². The maximum absolute atomic E-state index is 12.8. The van der Waals surface area contributed by atoms with Crippen molar-refractivity contribution in [3.8, 4) is 0 Å². The number of rotatable bonds is 7. The Hall–Kier alpha value is -2.37. The molecule has 1 aromatic heterocycles. The maximum atomic E-state index is 12.8. The molecule has 0 unspecified atom stereocenters. The predicted molar refractivity (Wildman–Crippen MR) is 100 cm³/mol. The van der Waals surface area contributed by atoms with Gasteiger partial charge in [-0.1, -0.05) is 47.6 Å². The highest BCUT2D eigenvalue weighted by atomic mass is 35.5. The SMILES string of the molecule is Cl.NCCCN(Cc1ccccc1)C(=O)Cc1noc2ccccc12. The topological polar surface area (TPSA) is 72.4 Å². The average molecular weight is 360 g/mol. The molecule has 3 aromatic rings. The minimum absolute atomic E-state index is 0. The summed E-state index contributed by atoms with van der Waals surface area (Å²) < 4.78 is 5.29. The van der Waals surface area contributed by atoms with E-state index in [1.165, 1.54) is 0 Å². The van der Waals surface area contributed by atoms with E-state index in [2.05, 4.69) is 5.16 Å². The Morgan fingerprint density at radius 3 is 2.56 bits per heavy atom. The number of para-hydroxylation sites is 1. The molecule has 5 nitrogen and oxygen atoms in total. The average Bonchev–Trinajstić information content (AvgIpc) is 3.02. The van der Waals surface area contributed by atoms with Crippen LogP contribution in [0.2, 0.25) is 0 Å². The molecule has 0 spiro atoms. The molecule has 1 amide bonds. The molecule has 0 radical (unpaired) electrons. The van der Waals surface area contributed by atoms with Gasteiger partial charge in [0.05, 0.1) is 6.42 Å². The van der Waals surface area contributed by atoms with Crippen LogP contribution < -0.4 is 5.73 Å². The van der Waals surface area contributed by atoms with Crippen LogP contribution in [0.25, 0.3) is 11.0 Å². The molecule has 0 saturated heterocycles. The Morgan fingerprint density at radius 1 is 1.08 bits per heavy atom. The zero-order valence-corrected chi connectivity index (χ0v) is 14.7. The fraction of sp³-hybridized carbons (Fsp3) is 0.263. The number of carbonyl (C=O) groups excluding carboxylic acids is 1. The Labute approximate surface area is 153 Å². The van der Waals surface area contributed by atoms with E-state index in [1.54, 1.807) is 0 Å². The monoisotopic (exact) mass is 359 g/mol. The van der Waals surface area contributed by atoms with Gasteiger partial charge >= 0.3 is 0 Å². The number of halogens is 1. The summed E-state index contributed by atoms with van der Waals surface area (Å²) in [5.41, 5.74) is 8.11. The summed E-state index contributed by atoms with van der Waals surface area (Å²) in [5.74, 6) is 0.0337. The molecule has 0 fully saturated rings. The Kier molecular flexibility index (Phi) is 6.98. The number of carbonyl (C=O) groups is 1. The lowest BCUT2D eigenvalue weighted by atomic mass is 10.1. The number of benzene rings is 2. The molecule has 0 atom stereocenters. The van der Waals surface area contributed by atoms with Crippen molar-refractivity contribution < 1.29 is 9.32 Å². The zero-order valence-electron chi connectivity index (χ0n) is 13.9. The van der Waals surface area contributed by atoms with Gasteiger partial charge in [-0.15, -0.1) is 12.4 Å². The highest BCUT2D eigenvalue weighted by molar-refractivity contribution is 5.86. The van der Waals surface area contributed by atoms with Gasteiger partial charge in [-0.3, -0.25) is 4.79 Å². The molecule has 0 bridgehead atoms. The van der Waals surface area contributed by atoms with Gasteiger partial charge in [0.15, 0.2) is 5.58 Å². The van der Waals surface area contributed by atoms with E-state index < -0.39 is 0 Å². The number of fused-ring (bicyclic) bond motifs is 1. The zero-order chi connectivity index (χ0) is 16.8. The van der Waals surface area contributed by atoms with Crippen molar-refractivity contribution >= 4 is 29.3 Å². The smallest absolute Gasteiger partial charge is 0.229 e. The third-order valence-electron chi connectivity index (χ3n) is 3.97. The molecule has 132 valence electrons. The predicted octanol–water partition coefficient (Wildman–Crippen LogP) is 3.17. The second kappa shape index (κ2) is 9.20. The lowest BCUT2D eigenvalue weighted by molar-refractivity contribution is -0.131. The molecular weight excluding hydrogens is 338 g/mol. The van der Waals surface area contributed by atoms with Gasteiger partial charge in [0.1, 0.15) is 5.69 Å². The van der Waals surface area contributed by atoms with Crippen molar-refractivity contribution in [3.63, 3.8) is 0 Å². The molecule has 0 aliphatic carbocycles. The minimum atomic E-state index is 0. The molecule has 25 heavy (non-hydrogen) atoms. The molecule has 2 aromatic carbocycles. The van der Waals surface area contributed by atoms with Crippen LogP contribution in [0.1, 0.15) is 17.7 Å². The lowest BCUT2D eigenvalue weighted by Crippen LogP contribution is -2.33. The van der Waals surface area contributed by atoms with Crippen LogP contribution in [-0.4, -0.2) is 29.1 Å². The van der Waals surface area contributed by atoms with Crippen molar-refractivity contribution in [3.05, 3.63) is 65.9 Å². The van der Waals surface area contributed by atoms with E-state index in [9.17, 15) is 4.79 Å². The largest absolute Gasteiger partial charge is 0.356 e. The third kappa shape index (κ3) is 4.81. The highest BCUT2D eigenvalue weighted by Gasteiger charge is 2.18. The number of amides is 1. The quantitative estimate of drug-likeness (QED) is 0.703. The standard InChI is InChI=1S/C19H21N3O2.ClH/c20-11-6-12-22(14-15-7-2-1-3-8-15)19(23)13-17-16-9-4-5-10-18(16)24-21-17;/h1-5,7-10H,6,11-14,20H2;1H. The molecule has 0 aliphatic heterocycles. The summed E-state index contributed by atoms with van der Waals surface area (Å²) in [6.07, 6.45) is 1.01. The van der Waals surface area contributed by atoms with E-state index >= 15 is 0 Å². The Bertz CT molecular complexity index is 805. The summed E-state index contributed by atoms with van der Waals surface area (Å²) in [7, 11) is 0. The lowest BCUT2D eigenvalue weighted by Gasteiger charge is -2.22. The number of hydrogen-bond acceptors (Lipinski definition) is 4. The van der Waals surface area contributed by atoms with Crippen molar-refractivity contribution in [2.45, 2.75) is 19.4 Å². The Morgan fingerprint density at radius 2 is 1.80 bits per heavy atom. The number of hydrogen-bond donors (Lipinski definition) is 1. The van der Waals surface area contributed by atoms with Crippen molar-refractivity contribution in [2.75, 3.05) is 13.1 Å². The molecule has 2 N–H and O–H groups in total. The van der Waals surface area contributed by atoms with Gasteiger partial charge in [-0.05, 0) is 30.7 Å². The number of nitrogens with two attached hydrogens (primary N) is 1. The van der Waals surface area contributed by atoms with E-state index in [-0.39, 0.29) is 24.7 Å². The minimum Gasteiger partial charge on any atom is -0.356 e. The summed E-state index contributed by atoms with van der Waals surface area (Å²) in [4.78, 5) is 14.6. The number of nitrogens with zero attached hydrogens (tertiary/aromatic N) is 2. The first-order chi connectivity index (χ1) is 11.8. The van der Waals surface area contributed by atoms with E-state index in [4.69, 9.17) is 10.3 Å². The van der Waals surface area contributed by atoms with Gasteiger partial charge < -0.3 is 15.2 Å². The highest BCUT2D eigenvalue weighted by Crippen LogP contribution is 2.19. The van der Waals surface area contributed by atoms with E-state index in [0.29, 0.717) is 30.9 Å². The Balaban J connectivity index is 0.00000225. The van der Waals surface area contributed by atoms with Crippen LogP contribution in [0.5, 0.6) is 0 Å². The summed E-state index contributed by atoms with van der Waals surface area (Å²) in [6.45, 7) is 1.78. The van der Waals surface area contributed by atoms with E-state index in [1.807, 2.05) is 59.5 Å². The van der Waals surface area contributed by atoms with Crippen molar-refractivity contribution in [1.82, 2.24) is 10.1 Å². The van der Waals surface area contributed by atoms with E-state index in [0.717, 1.165) is 17.4 Å². The van der Waals surface area contributed by atoms with Gasteiger partial charge in [-0.25, -0.2) is 0 Å². The van der Waals surface area contributed by atoms with Crippen molar-refractivity contribution in [2.24, 2.45) is 5.73 Å². The van der Waals surface area contributed by atoms with Crippen LogP contribution in [0.3, 0.4) is 0 Å². The molecular formula is C19H22ClN3O2. The third-order valence-corrected chi connectivity index (χ3v) is 3.97. The van der Waals surface area contributed by atoms with Crippen LogP contribution >= 0.6 is 12.4 Å². The summed E-state index contributed by atoms with van der Waals surface area (Å²) in [6, 6.07) is 17.6. The molecule has 1 heterocycles. The molecule has 0 saturated carbocycles. The molecule has 6 heteroatoms. The summed E-state index contributed by atoms with van der Waals surface area (Å²) >= 11 is 0. The molecule has 3 rings (SSSR count). The number of aromatic nitrogens is 1. The van der Waals surface area contributed by atoms with Crippen molar-refractivity contribution in [1.29, 1.82) is 0 Å². The first kappa shape index (κ1) is 19.0. The first-order valence-corrected chi connectivity index (χ1v) is 8.13. The second-order valence-electron chi connectivity index (χ2n) is 5.75. The molecule has 0 aliphatic rings. The first-order valence-electron chi connectivity index (χ1n) is 8.13.